The monoisotopic (exact) mass is 376 g/mol. The van der Waals surface area contributed by atoms with Gasteiger partial charge in [-0.05, 0) is 47.7 Å². The van der Waals surface area contributed by atoms with E-state index in [4.69, 9.17) is 5.73 Å². The second-order valence-corrected chi connectivity index (χ2v) is 7.18. The van der Waals surface area contributed by atoms with Gasteiger partial charge in [0, 0.05) is 10.2 Å². The minimum atomic E-state index is 0.585. The average molecular weight is 377 g/mol. The van der Waals surface area contributed by atoms with Crippen molar-refractivity contribution in [2.75, 3.05) is 0 Å². The Hall–Kier alpha value is -1.26. The lowest BCUT2D eigenvalue weighted by atomic mass is 9.99. The number of hydrogen-bond acceptors (Lipinski definition) is 2. The van der Waals surface area contributed by atoms with E-state index in [1.54, 1.807) is 11.8 Å². The van der Waals surface area contributed by atoms with Gasteiger partial charge in [-0.25, -0.2) is 4.99 Å². The van der Waals surface area contributed by atoms with Crippen LogP contribution < -0.4 is 5.73 Å². The fourth-order valence-electron chi connectivity index (χ4n) is 2.01. The molecule has 0 radical (unpaired) electrons. The van der Waals surface area contributed by atoms with Crippen LogP contribution in [0.1, 0.15) is 37.3 Å². The molecule has 0 amide bonds. The molecular weight excluding hydrogens is 356 g/mol. The quantitative estimate of drug-likeness (QED) is 0.525. The fourth-order valence-corrected chi connectivity index (χ4v) is 2.95. The molecule has 0 saturated heterocycles. The van der Waals surface area contributed by atoms with E-state index in [0.717, 1.165) is 22.3 Å². The predicted octanol–water partition coefficient (Wildman–Crippen LogP) is 5.84. The lowest BCUT2D eigenvalue weighted by Gasteiger charge is -2.08. The van der Waals surface area contributed by atoms with Crippen molar-refractivity contribution in [1.82, 2.24) is 0 Å². The standard InChI is InChI=1S/C18H21BrN2S/c1-3-13(2)15-6-10-17(11-7-15)21-18(20)22-12-14-4-8-16(19)9-5-14/h4-11,13H,3,12H2,1-2H3,(H2,20,21)/t13-/m0/s1. The summed E-state index contributed by atoms with van der Waals surface area (Å²) in [7, 11) is 0. The van der Waals surface area contributed by atoms with Gasteiger partial charge in [0.05, 0.1) is 5.69 Å². The third kappa shape index (κ3) is 5.18. The molecule has 2 N–H and O–H groups in total. The van der Waals surface area contributed by atoms with Crippen molar-refractivity contribution in [3.05, 3.63) is 64.1 Å². The minimum absolute atomic E-state index is 0.585. The fraction of sp³-hybridized carbons (Fsp3) is 0.278. The van der Waals surface area contributed by atoms with Crippen LogP contribution >= 0.6 is 27.7 Å². The van der Waals surface area contributed by atoms with Gasteiger partial charge in [0.2, 0.25) is 0 Å². The zero-order valence-corrected chi connectivity index (χ0v) is 15.3. The molecule has 4 heteroatoms. The van der Waals surface area contributed by atoms with Crippen molar-refractivity contribution in [3.8, 4) is 0 Å². The first-order valence-electron chi connectivity index (χ1n) is 7.40. The van der Waals surface area contributed by atoms with Gasteiger partial charge in [-0.2, -0.15) is 0 Å². The summed E-state index contributed by atoms with van der Waals surface area (Å²) in [5.41, 5.74) is 9.51. The van der Waals surface area contributed by atoms with Gasteiger partial charge < -0.3 is 5.73 Å². The number of hydrogen-bond donors (Lipinski definition) is 1. The Bertz CT molecular complexity index is 621. The summed E-state index contributed by atoms with van der Waals surface area (Å²) in [5, 5.41) is 0.596. The molecule has 0 aliphatic heterocycles. The van der Waals surface area contributed by atoms with E-state index in [2.05, 4.69) is 59.0 Å². The minimum Gasteiger partial charge on any atom is -0.378 e. The van der Waals surface area contributed by atoms with Crippen molar-refractivity contribution in [2.24, 2.45) is 10.7 Å². The summed E-state index contributed by atoms with van der Waals surface area (Å²) in [4.78, 5) is 4.47. The molecule has 0 aliphatic carbocycles. The van der Waals surface area contributed by atoms with Crippen molar-refractivity contribution in [1.29, 1.82) is 0 Å². The Kier molecular flexibility index (Phi) is 6.52. The zero-order chi connectivity index (χ0) is 15.9. The highest BCUT2D eigenvalue weighted by molar-refractivity contribution is 9.10. The van der Waals surface area contributed by atoms with Gasteiger partial charge in [0.25, 0.3) is 0 Å². The topological polar surface area (TPSA) is 38.4 Å². The first kappa shape index (κ1) is 17.1. The van der Waals surface area contributed by atoms with Crippen LogP contribution in [0.25, 0.3) is 0 Å². The molecule has 0 bridgehead atoms. The van der Waals surface area contributed by atoms with Crippen molar-refractivity contribution >= 4 is 38.5 Å². The van der Waals surface area contributed by atoms with Crippen LogP contribution in [0.2, 0.25) is 0 Å². The van der Waals surface area contributed by atoms with E-state index >= 15 is 0 Å². The summed E-state index contributed by atoms with van der Waals surface area (Å²) in [6, 6.07) is 16.6. The van der Waals surface area contributed by atoms with E-state index < -0.39 is 0 Å². The van der Waals surface area contributed by atoms with Crippen molar-refractivity contribution < 1.29 is 0 Å². The molecule has 2 rings (SSSR count). The largest absolute Gasteiger partial charge is 0.378 e. The highest BCUT2D eigenvalue weighted by atomic mass is 79.9. The maximum absolute atomic E-state index is 6.01. The normalized spacial score (nSPS) is 13.1. The van der Waals surface area contributed by atoms with Gasteiger partial charge in [-0.1, -0.05) is 65.8 Å². The van der Waals surface area contributed by atoms with Crippen LogP contribution in [0.15, 0.2) is 58.0 Å². The maximum atomic E-state index is 6.01. The van der Waals surface area contributed by atoms with Crippen LogP contribution in [-0.2, 0) is 5.75 Å². The molecule has 0 fully saturated rings. The van der Waals surface area contributed by atoms with Crippen LogP contribution in [0.3, 0.4) is 0 Å². The van der Waals surface area contributed by atoms with Crippen LogP contribution in [-0.4, -0.2) is 5.17 Å². The lowest BCUT2D eigenvalue weighted by molar-refractivity contribution is 0.734. The van der Waals surface area contributed by atoms with E-state index in [1.807, 2.05) is 24.3 Å². The Balaban J connectivity index is 1.95. The zero-order valence-electron chi connectivity index (χ0n) is 12.9. The molecule has 1 atom stereocenters. The summed E-state index contributed by atoms with van der Waals surface area (Å²) >= 11 is 4.99. The molecule has 2 aromatic carbocycles. The molecule has 0 aromatic heterocycles. The molecule has 0 unspecified atom stereocenters. The number of halogens is 1. The number of thioether (sulfide) groups is 1. The second kappa shape index (κ2) is 8.39. The van der Waals surface area contributed by atoms with Crippen molar-refractivity contribution in [3.63, 3.8) is 0 Å². The third-order valence-electron chi connectivity index (χ3n) is 3.61. The van der Waals surface area contributed by atoms with Crippen LogP contribution in [0.4, 0.5) is 5.69 Å². The molecular formula is C18H21BrN2S. The van der Waals surface area contributed by atoms with E-state index in [9.17, 15) is 0 Å². The SMILES string of the molecule is CC[C@H](C)c1ccc(N=C(N)SCc2ccc(Br)cc2)cc1. The Morgan fingerprint density at radius 3 is 2.36 bits per heavy atom. The molecule has 0 heterocycles. The highest BCUT2D eigenvalue weighted by Gasteiger charge is 2.03. The number of benzene rings is 2. The first-order valence-corrected chi connectivity index (χ1v) is 9.17. The average Bonchev–Trinajstić information content (AvgIpc) is 2.54. The number of rotatable bonds is 5. The first-order chi connectivity index (χ1) is 10.6. The summed E-state index contributed by atoms with van der Waals surface area (Å²) < 4.78 is 1.09. The number of aliphatic imine (C=N–C) groups is 1. The highest BCUT2D eigenvalue weighted by Crippen LogP contribution is 2.23. The number of nitrogens with zero attached hydrogens (tertiary/aromatic N) is 1. The maximum Gasteiger partial charge on any atom is 0.159 e. The summed E-state index contributed by atoms with van der Waals surface area (Å²) in [6.45, 7) is 4.44. The van der Waals surface area contributed by atoms with Gasteiger partial charge in [0.1, 0.15) is 0 Å². The third-order valence-corrected chi connectivity index (χ3v) is 5.01. The van der Waals surface area contributed by atoms with Gasteiger partial charge >= 0.3 is 0 Å². The summed E-state index contributed by atoms with van der Waals surface area (Å²) in [6.07, 6.45) is 1.15. The van der Waals surface area contributed by atoms with E-state index in [0.29, 0.717) is 11.1 Å². The van der Waals surface area contributed by atoms with Crippen LogP contribution in [0.5, 0.6) is 0 Å². The molecule has 0 spiro atoms. The predicted molar refractivity (Wildman–Crippen MR) is 102 cm³/mol. The summed E-state index contributed by atoms with van der Waals surface area (Å²) in [5.74, 6) is 1.41. The molecule has 22 heavy (non-hydrogen) atoms. The molecule has 116 valence electrons. The van der Waals surface area contributed by atoms with Gasteiger partial charge in [-0.15, -0.1) is 0 Å². The molecule has 2 nitrogen and oxygen atoms in total. The second-order valence-electron chi connectivity index (χ2n) is 5.27. The number of nitrogens with two attached hydrogens (primary N) is 1. The van der Waals surface area contributed by atoms with Gasteiger partial charge in [0.15, 0.2) is 5.17 Å². The lowest BCUT2D eigenvalue weighted by Crippen LogP contribution is -2.06. The smallest absolute Gasteiger partial charge is 0.159 e. The molecule has 0 aliphatic rings. The molecule has 2 aromatic rings. The van der Waals surface area contributed by atoms with Crippen molar-refractivity contribution in [2.45, 2.75) is 31.9 Å². The Morgan fingerprint density at radius 1 is 1.14 bits per heavy atom. The molecule has 0 saturated carbocycles. The van der Waals surface area contributed by atoms with E-state index in [-0.39, 0.29) is 0 Å². The van der Waals surface area contributed by atoms with Crippen LogP contribution in [0, 0.1) is 0 Å². The van der Waals surface area contributed by atoms with E-state index in [1.165, 1.54) is 11.1 Å². The Morgan fingerprint density at radius 2 is 1.77 bits per heavy atom. The van der Waals surface area contributed by atoms with Gasteiger partial charge in [-0.3, -0.25) is 0 Å². The number of amidine groups is 1. The Labute approximate surface area is 145 Å².